The summed E-state index contributed by atoms with van der Waals surface area (Å²) in [6.45, 7) is 0.889. The standard InChI is InChI=1S/C16H17F2N3O2S/c1-21(10-11-2-3-11)16-5-4-15(9-19-16)24(22,23)20-14-7-12(17)6-13(18)8-14/h4-9,11,20H,2-3,10H2,1H3. The zero-order chi connectivity index (χ0) is 17.3. The van der Waals surface area contributed by atoms with Gasteiger partial charge in [-0.1, -0.05) is 0 Å². The summed E-state index contributed by atoms with van der Waals surface area (Å²) < 4.78 is 53.0. The van der Waals surface area contributed by atoms with Crippen molar-refractivity contribution >= 4 is 21.5 Å². The minimum atomic E-state index is -3.96. The Morgan fingerprint density at radius 1 is 1.21 bits per heavy atom. The van der Waals surface area contributed by atoms with Gasteiger partial charge in [0.05, 0.1) is 5.69 Å². The summed E-state index contributed by atoms with van der Waals surface area (Å²) in [5.74, 6) is -0.354. The second-order valence-corrected chi connectivity index (χ2v) is 7.62. The monoisotopic (exact) mass is 353 g/mol. The molecule has 1 aliphatic rings. The Bertz CT molecular complexity index is 817. The molecule has 0 radical (unpaired) electrons. The maximum absolute atomic E-state index is 13.2. The molecule has 1 aromatic carbocycles. The van der Waals surface area contributed by atoms with Crippen LogP contribution in [0.25, 0.3) is 0 Å². The van der Waals surface area contributed by atoms with Crippen molar-refractivity contribution in [2.75, 3.05) is 23.2 Å². The van der Waals surface area contributed by atoms with Crippen LogP contribution in [0.3, 0.4) is 0 Å². The fourth-order valence-electron chi connectivity index (χ4n) is 2.37. The molecule has 2 aromatic rings. The van der Waals surface area contributed by atoms with E-state index in [-0.39, 0.29) is 10.6 Å². The molecule has 8 heteroatoms. The van der Waals surface area contributed by atoms with E-state index in [9.17, 15) is 17.2 Å². The highest BCUT2D eigenvalue weighted by molar-refractivity contribution is 7.92. The Morgan fingerprint density at radius 2 is 1.88 bits per heavy atom. The van der Waals surface area contributed by atoms with Crippen LogP contribution >= 0.6 is 0 Å². The minimum absolute atomic E-state index is 0.0734. The molecule has 1 fully saturated rings. The zero-order valence-corrected chi connectivity index (χ0v) is 13.9. The number of benzene rings is 1. The highest BCUT2D eigenvalue weighted by Crippen LogP contribution is 2.30. The second-order valence-electron chi connectivity index (χ2n) is 5.94. The number of hydrogen-bond acceptors (Lipinski definition) is 4. The van der Waals surface area contributed by atoms with E-state index >= 15 is 0 Å². The molecule has 0 amide bonds. The van der Waals surface area contributed by atoms with Crippen molar-refractivity contribution in [1.82, 2.24) is 4.98 Å². The Kier molecular flexibility index (Phi) is 4.40. The van der Waals surface area contributed by atoms with E-state index in [0.717, 1.165) is 18.7 Å². The summed E-state index contributed by atoms with van der Waals surface area (Å²) in [4.78, 5) is 6.06. The summed E-state index contributed by atoms with van der Waals surface area (Å²) >= 11 is 0. The fraction of sp³-hybridized carbons (Fsp3) is 0.312. The molecule has 0 spiro atoms. The molecular formula is C16H17F2N3O2S. The Morgan fingerprint density at radius 3 is 2.42 bits per heavy atom. The van der Waals surface area contributed by atoms with Crippen LogP contribution in [0.2, 0.25) is 0 Å². The summed E-state index contributed by atoms with van der Waals surface area (Å²) in [5, 5.41) is 0. The fourth-order valence-corrected chi connectivity index (χ4v) is 3.35. The number of aromatic nitrogens is 1. The van der Waals surface area contributed by atoms with Gasteiger partial charge in [0, 0.05) is 25.9 Å². The lowest BCUT2D eigenvalue weighted by atomic mass is 10.3. The van der Waals surface area contributed by atoms with Gasteiger partial charge in [-0.25, -0.2) is 22.2 Å². The molecule has 3 rings (SSSR count). The lowest BCUT2D eigenvalue weighted by Gasteiger charge is -2.18. The molecule has 128 valence electrons. The summed E-state index contributed by atoms with van der Waals surface area (Å²) in [7, 11) is -2.06. The number of nitrogens with one attached hydrogen (secondary N) is 1. The van der Waals surface area contributed by atoms with Crippen molar-refractivity contribution < 1.29 is 17.2 Å². The van der Waals surface area contributed by atoms with Crippen molar-refractivity contribution in [3.8, 4) is 0 Å². The molecule has 24 heavy (non-hydrogen) atoms. The van der Waals surface area contributed by atoms with Gasteiger partial charge in [0.25, 0.3) is 10.0 Å². The van der Waals surface area contributed by atoms with Gasteiger partial charge in [0.2, 0.25) is 0 Å². The van der Waals surface area contributed by atoms with Crippen molar-refractivity contribution in [2.45, 2.75) is 17.7 Å². The number of halogens is 2. The molecular weight excluding hydrogens is 336 g/mol. The zero-order valence-electron chi connectivity index (χ0n) is 13.0. The van der Waals surface area contributed by atoms with Crippen LogP contribution in [0.4, 0.5) is 20.3 Å². The Labute approximate surface area is 139 Å². The molecule has 0 saturated heterocycles. The predicted octanol–water partition coefficient (Wildman–Crippen LogP) is 3.01. The molecule has 1 aliphatic carbocycles. The first-order valence-corrected chi connectivity index (χ1v) is 8.98. The summed E-state index contributed by atoms with van der Waals surface area (Å²) in [6.07, 6.45) is 3.66. The van der Waals surface area contributed by atoms with E-state index in [1.807, 2.05) is 11.9 Å². The number of pyridine rings is 1. The third-order valence-electron chi connectivity index (χ3n) is 3.77. The van der Waals surface area contributed by atoms with Crippen molar-refractivity contribution in [2.24, 2.45) is 5.92 Å². The van der Waals surface area contributed by atoms with Gasteiger partial charge in [-0.3, -0.25) is 4.72 Å². The number of sulfonamides is 1. The van der Waals surface area contributed by atoms with Crippen LogP contribution in [0, 0.1) is 17.6 Å². The van der Waals surface area contributed by atoms with E-state index in [2.05, 4.69) is 9.71 Å². The molecule has 0 unspecified atom stereocenters. The highest BCUT2D eigenvalue weighted by atomic mass is 32.2. The number of anilines is 2. The van der Waals surface area contributed by atoms with E-state index in [0.29, 0.717) is 17.8 Å². The van der Waals surface area contributed by atoms with E-state index in [4.69, 9.17) is 0 Å². The molecule has 0 bridgehead atoms. The van der Waals surface area contributed by atoms with Gasteiger partial charge in [0.15, 0.2) is 0 Å². The van der Waals surface area contributed by atoms with E-state index in [1.54, 1.807) is 6.07 Å². The second kappa shape index (κ2) is 6.35. The third kappa shape index (κ3) is 4.00. The van der Waals surface area contributed by atoms with E-state index < -0.39 is 21.7 Å². The first kappa shape index (κ1) is 16.6. The Hall–Kier alpha value is -2.22. The van der Waals surface area contributed by atoms with Crippen LogP contribution in [-0.2, 0) is 10.0 Å². The van der Waals surface area contributed by atoms with Gasteiger partial charge >= 0.3 is 0 Å². The van der Waals surface area contributed by atoms with Crippen molar-refractivity contribution in [3.63, 3.8) is 0 Å². The lowest BCUT2D eigenvalue weighted by molar-refractivity contribution is 0.584. The van der Waals surface area contributed by atoms with Crippen LogP contribution < -0.4 is 9.62 Å². The molecule has 1 N–H and O–H groups in total. The summed E-state index contributed by atoms with van der Waals surface area (Å²) in [6, 6.07) is 5.52. The number of hydrogen-bond donors (Lipinski definition) is 1. The molecule has 1 aromatic heterocycles. The highest BCUT2D eigenvalue weighted by Gasteiger charge is 2.23. The summed E-state index contributed by atoms with van der Waals surface area (Å²) in [5.41, 5.74) is -0.178. The minimum Gasteiger partial charge on any atom is -0.359 e. The Balaban J connectivity index is 1.76. The average Bonchev–Trinajstić information content (AvgIpc) is 3.29. The maximum Gasteiger partial charge on any atom is 0.263 e. The molecule has 0 atom stereocenters. The van der Waals surface area contributed by atoms with Crippen molar-refractivity contribution in [1.29, 1.82) is 0 Å². The number of nitrogens with zero attached hydrogens (tertiary/aromatic N) is 2. The molecule has 1 saturated carbocycles. The first-order chi connectivity index (χ1) is 11.3. The molecule has 0 aliphatic heterocycles. The molecule has 5 nitrogen and oxygen atoms in total. The average molecular weight is 353 g/mol. The van der Waals surface area contributed by atoms with Gasteiger partial charge in [-0.2, -0.15) is 0 Å². The van der Waals surface area contributed by atoms with Crippen molar-refractivity contribution in [3.05, 3.63) is 48.2 Å². The van der Waals surface area contributed by atoms with Crippen LogP contribution in [0.5, 0.6) is 0 Å². The third-order valence-corrected chi connectivity index (χ3v) is 5.13. The first-order valence-electron chi connectivity index (χ1n) is 7.49. The van der Waals surface area contributed by atoms with Gasteiger partial charge in [0.1, 0.15) is 22.3 Å². The quantitative estimate of drug-likeness (QED) is 0.867. The normalized spacial score (nSPS) is 14.5. The lowest BCUT2D eigenvalue weighted by Crippen LogP contribution is -2.21. The smallest absolute Gasteiger partial charge is 0.263 e. The topological polar surface area (TPSA) is 62.3 Å². The number of rotatable bonds is 6. The van der Waals surface area contributed by atoms with Gasteiger partial charge < -0.3 is 4.90 Å². The SMILES string of the molecule is CN(CC1CC1)c1ccc(S(=O)(=O)Nc2cc(F)cc(F)c2)cn1. The molecule has 1 heterocycles. The van der Waals surface area contributed by atoms with Crippen LogP contribution in [0.15, 0.2) is 41.4 Å². The van der Waals surface area contributed by atoms with Gasteiger partial charge in [-0.15, -0.1) is 0 Å². The van der Waals surface area contributed by atoms with E-state index in [1.165, 1.54) is 25.1 Å². The maximum atomic E-state index is 13.2. The van der Waals surface area contributed by atoms with Crippen LogP contribution in [0.1, 0.15) is 12.8 Å². The van der Waals surface area contributed by atoms with Gasteiger partial charge in [-0.05, 0) is 43.0 Å². The van der Waals surface area contributed by atoms with Crippen LogP contribution in [-0.4, -0.2) is 27.0 Å². The predicted molar refractivity (Wildman–Crippen MR) is 87.4 cm³/mol. The largest absolute Gasteiger partial charge is 0.359 e.